The van der Waals surface area contributed by atoms with Gasteiger partial charge < -0.3 is 19.9 Å². The number of likely N-dealkylation sites (tertiary alicyclic amines) is 1. The van der Waals surface area contributed by atoms with Crippen LogP contribution in [0, 0.1) is 6.92 Å². The van der Waals surface area contributed by atoms with Crippen molar-refractivity contribution in [3.05, 3.63) is 35.5 Å². The highest BCUT2D eigenvalue weighted by atomic mass is 16.6. The summed E-state index contributed by atoms with van der Waals surface area (Å²) in [6, 6.07) is 7.89. The number of ether oxygens (including phenoxy) is 1. The molecule has 1 saturated heterocycles. The molecule has 6 heteroatoms. The van der Waals surface area contributed by atoms with Gasteiger partial charge in [0, 0.05) is 35.7 Å². The maximum absolute atomic E-state index is 12.7. The van der Waals surface area contributed by atoms with Crippen molar-refractivity contribution in [3.63, 3.8) is 0 Å². The SMILES string of the molecule is CCOC(=O)N1CCC(NC(=O)c2c(C)[nH]c3ccccc23)CC1. The van der Waals surface area contributed by atoms with Gasteiger partial charge in [0.15, 0.2) is 0 Å². The number of nitrogens with zero attached hydrogens (tertiary/aromatic N) is 1. The van der Waals surface area contributed by atoms with E-state index in [-0.39, 0.29) is 18.0 Å². The quantitative estimate of drug-likeness (QED) is 0.909. The molecule has 1 fully saturated rings. The third-order valence-corrected chi connectivity index (χ3v) is 4.48. The van der Waals surface area contributed by atoms with Crippen molar-refractivity contribution in [2.24, 2.45) is 0 Å². The molecule has 2 amide bonds. The van der Waals surface area contributed by atoms with Crippen LogP contribution < -0.4 is 5.32 Å². The second kappa shape index (κ2) is 6.95. The lowest BCUT2D eigenvalue weighted by atomic mass is 10.0. The number of H-pyrrole nitrogens is 1. The van der Waals surface area contributed by atoms with E-state index in [1.165, 1.54) is 0 Å². The van der Waals surface area contributed by atoms with Crippen LogP contribution in [0.3, 0.4) is 0 Å². The van der Waals surface area contributed by atoms with Gasteiger partial charge in [0.05, 0.1) is 12.2 Å². The van der Waals surface area contributed by atoms with E-state index >= 15 is 0 Å². The summed E-state index contributed by atoms with van der Waals surface area (Å²) in [5, 5.41) is 4.05. The van der Waals surface area contributed by atoms with Crippen LogP contribution in [-0.2, 0) is 4.74 Å². The van der Waals surface area contributed by atoms with E-state index in [0.29, 0.717) is 25.3 Å². The van der Waals surface area contributed by atoms with Crippen LogP contribution in [-0.4, -0.2) is 47.6 Å². The third kappa shape index (κ3) is 3.22. The average Bonchev–Trinajstić information content (AvgIpc) is 2.91. The first-order valence-electron chi connectivity index (χ1n) is 8.40. The molecule has 3 rings (SSSR count). The fourth-order valence-corrected chi connectivity index (χ4v) is 3.25. The van der Waals surface area contributed by atoms with Crippen molar-refractivity contribution >= 4 is 22.9 Å². The van der Waals surface area contributed by atoms with E-state index in [0.717, 1.165) is 29.4 Å². The second-order valence-corrected chi connectivity index (χ2v) is 6.10. The van der Waals surface area contributed by atoms with Crippen molar-refractivity contribution < 1.29 is 14.3 Å². The number of carbonyl (C=O) groups excluding carboxylic acids is 2. The Balaban J connectivity index is 1.64. The van der Waals surface area contributed by atoms with Crippen molar-refractivity contribution in [2.45, 2.75) is 32.7 Å². The van der Waals surface area contributed by atoms with Crippen molar-refractivity contribution in [2.75, 3.05) is 19.7 Å². The highest BCUT2D eigenvalue weighted by Gasteiger charge is 2.26. The summed E-state index contributed by atoms with van der Waals surface area (Å²) in [6.45, 7) is 5.31. The minimum absolute atomic E-state index is 0.0560. The number of amides is 2. The molecule has 1 aliphatic rings. The van der Waals surface area contributed by atoms with Gasteiger partial charge in [-0.2, -0.15) is 0 Å². The standard InChI is InChI=1S/C18H23N3O3/c1-3-24-18(23)21-10-8-13(9-11-21)20-17(22)16-12(2)19-15-7-5-4-6-14(15)16/h4-7,13,19H,3,8-11H2,1-2H3,(H,20,22). The number of carbonyl (C=O) groups is 2. The monoisotopic (exact) mass is 329 g/mol. The molecule has 0 spiro atoms. The zero-order chi connectivity index (χ0) is 17.1. The molecule has 2 N–H and O–H groups in total. The second-order valence-electron chi connectivity index (χ2n) is 6.10. The van der Waals surface area contributed by atoms with Crippen LogP contribution in [0.15, 0.2) is 24.3 Å². The summed E-state index contributed by atoms with van der Waals surface area (Å²) >= 11 is 0. The predicted molar refractivity (Wildman–Crippen MR) is 92.1 cm³/mol. The Morgan fingerprint density at radius 3 is 2.71 bits per heavy atom. The molecule has 0 aliphatic carbocycles. The lowest BCUT2D eigenvalue weighted by molar-refractivity contribution is 0.0861. The van der Waals surface area contributed by atoms with E-state index in [1.54, 1.807) is 11.8 Å². The minimum Gasteiger partial charge on any atom is -0.450 e. The molecular weight excluding hydrogens is 306 g/mol. The van der Waals surface area contributed by atoms with Crippen LogP contribution in [0.25, 0.3) is 10.9 Å². The molecule has 0 atom stereocenters. The Labute approximate surface area is 141 Å². The number of rotatable bonds is 3. The van der Waals surface area contributed by atoms with E-state index in [1.807, 2.05) is 31.2 Å². The van der Waals surface area contributed by atoms with E-state index in [2.05, 4.69) is 10.3 Å². The normalized spacial score (nSPS) is 15.5. The maximum Gasteiger partial charge on any atom is 0.409 e. The van der Waals surface area contributed by atoms with Gasteiger partial charge in [0.1, 0.15) is 0 Å². The average molecular weight is 329 g/mol. The largest absolute Gasteiger partial charge is 0.450 e. The number of aryl methyl sites for hydroxylation is 1. The fraction of sp³-hybridized carbons (Fsp3) is 0.444. The number of aromatic amines is 1. The molecule has 0 radical (unpaired) electrons. The topological polar surface area (TPSA) is 74.4 Å². The molecule has 128 valence electrons. The first kappa shape index (κ1) is 16.4. The minimum atomic E-state index is -0.269. The maximum atomic E-state index is 12.7. The molecule has 0 unspecified atom stereocenters. The molecule has 1 aromatic heterocycles. The smallest absolute Gasteiger partial charge is 0.409 e. The lowest BCUT2D eigenvalue weighted by Crippen LogP contribution is -2.46. The number of aromatic nitrogens is 1. The van der Waals surface area contributed by atoms with Crippen molar-refractivity contribution in [1.82, 2.24) is 15.2 Å². The zero-order valence-corrected chi connectivity index (χ0v) is 14.1. The van der Waals surface area contributed by atoms with Crippen molar-refractivity contribution in [1.29, 1.82) is 0 Å². The summed E-state index contributed by atoms with van der Waals surface area (Å²) in [6.07, 6.45) is 1.22. The summed E-state index contributed by atoms with van der Waals surface area (Å²) in [5.41, 5.74) is 2.55. The Kier molecular flexibility index (Phi) is 4.74. The molecule has 1 aromatic carbocycles. The molecule has 2 heterocycles. The fourth-order valence-electron chi connectivity index (χ4n) is 3.25. The number of benzene rings is 1. The van der Waals surface area contributed by atoms with Gasteiger partial charge in [-0.3, -0.25) is 4.79 Å². The van der Waals surface area contributed by atoms with Crippen LogP contribution in [0.4, 0.5) is 4.79 Å². The van der Waals surface area contributed by atoms with Gasteiger partial charge in [0.25, 0.3) is 5.91 Å². The van der Waals surface area contributed by atoms with Crippen LogP contribution in [0.5, 0.6) is 0 Å². The van der Waals surface area contributed by atoms with Gasteiger partial charge >= 0.3 is 6.09 Å². The Morgan fingerprint density at radius 1 is 1.29 bits per heavy atom. The number of para-hydroxylation sites is 1. The van der Waals surface area contributed by atoms with Gasteiger partial charge in [-0.05, 0) is 32.8 Å². The molecule has 1 aliphatic heterocycles. The molecule has 6 nitrogen and oxygen atoms in total. The predicted octanol–water partition coefficient (Wildman–Crippen LogP) is 2.83. The number of fused-ring (bicyclic) bond motifs is 1. The Hall–Kier alpha value is -2.50. The van der Waals surface area contributed by atoms with Crippen LogP contribution in [0.2, 0.25) is 0 Å². The zero-order valence-electron chi connectivity index (χ0n) is 14.1. The van der Waals surface area contributed by atoms with Gasteiger partial charge in [-0.25, -0.2) is 4.79 Å². The van der Waals surface area contributed by atoms with Gasteiger partial charge in [0.2, 0.25) is 0 Å². The Bertz CT molecular complexity index is 745. The highest BCUT2D eigenvalue weighted by Crippen LogP contribution is 2.22. The van der Waals surface area contributed by atoms with E-state index < -0.39 is 0 Å². The summed E-state index contributed by atoms with van der Waals surface area (Å²) in [7, 11) is 0. The number of nitrogens with one attached hydrogen (secondary N) is 2. The first-order valence-corrected chi connectivity index (χ1v) is 8.40. The Morgan fingerprint density at radius 2 is 2.00 bits per heavy atom. The van der Waals surface area contributed by atoms with Crippen molar-refractivity contribution in [3.8, 4) is 0 Å². The number of piperidine rings is 1. The molecule has 24 heavy (non-hydrogen) atoms. The summed E-state index contributed by atoms with van der Waals surface area (Å²) < 4.78 is 5.02. The molecular formula is C18H23N3O3. The van der Waals surface area contributed by atoms with E-state index in [9.17, 15) is 9.59 Å². The van der Waals surface area contributed by atoms with Crippen LogP contribution >= 0.6 is 0 Å². The van der Waals surface area contributed by atoms with Gasteiger partial charge in [-0.1, -0.05) is 18.2 Å². The molecule has 2 aromatic rings. The lowest BCUT2D eigenvalue weighted by Gasteiger charge is -2.31. The first-order chi connectivity index (χ1) is 11.6. The van der Waals surface area contributed by atoms with Gasteiger partial charge in [-0.15, -0.1) is 0 Å². The summed E-state index contributed by atoms with van der Waals surface area (Å²) in [5.74, 6) is -0.0560. The molecule has 0 bridgehead atoms. The molecule has 0 saturated carbocycles. The van der Waals surface area contributed by atoms with E-state index in [4.69, 9.17) is 4.74 Å². The highest BCUT2D eigenvalue weighted by molar-refractivity contribution is 6.08. The number of hydrogen-bond donors (Lipinski definition) is 2. The van der Waals surface area contributed by atoms with Crippen LogP contribution in [0.1, 0.15) is 35.8 Å². The number of hydrogen-bond acceptors (Lipinski definition) is 3. The summed E-state index contributed by atoms with van der Waals surface area (Å²) in [4.78, 5) is 29.4. The third-order valence-electron chi connectivity index (χ3n) is 4.48.